The zero-order valence-corrected chi connectivity index (χ0v) is 25.5. The molecule has 4 aromatic rings. The van der Waals surface area contributed by atoms with Crippen molar-refractivity contribution in [3.05, 3.63) is 112 Å². The number of amides is 2. The highest BCUT2D eigenvalue weighted by molar-refractivity contribution is 7.09. The first kappa shape index (κ1) is 29.9. The van der Waals surface area contributed by atoms with Gasteiger partial charge in [-0.15, -0.1) is 11.3 Å². The van der Waals surface area contributed by atoms with Gasteiger partial charge in [-0.25, -0.2) is 9.97 Å². The number of ether oxygens (including phenoxy) is 1. The summed E-state index contributed by atoms with van der Waals surface area (Å²) in [7, 11) is 0. The maximum absolute atomic E-state index is 13.6. The van der Waals surface area contributed by atoms with Crippen LogP contribution in [0.5, 0.6) is 5.88 Å². The van der Waals surface area contributed by atoms with Gasteiger partial charge in [-0.3, -0.25) is 9.59 Å². The van der Waals surface area contributed by atoms with Gasteiger partial charge in [0.05, 0.1) is 18.2 Å². The van der Waals surface area contributed by atoms with Crippen LogP contribution in [-0.2, 0) is 6.42 Å². The minimum absolute atomic E-state index is 0.0477. The van der Waals surface area contributed by atoms with Crippen molar-refractivity contribution in [1.29, 1.82) is 0 Å². The summed E-state index contributed by atoms with van der Waals surface area (Å²) < 4.78 is 6.01. The molecule has 10 heteroatoms. The number of nitrogens with zero attached hydrogens (tertiary/aromatic N) is 3. The number of aromatic nitrogens is 2. The van der Waals surface area contributed by atoms with Gasteiger partial charge >= 0.3 is 0 Å². The average Bonchev–Trinajstić information content (AvgIpc) is 3.82. The summed E-state index contributed by atoms with van der Waals surface area (Å²) >= 11 is 1.58. The summed E-state index contributed by atoms with van der Waals surface area (Å²) in [5.41, 5.74) is 2.79. The molecule has 228 valence electrons. The molecule has 2 fully saturated rings. The number of aliphatic hydroxyl groups is 1. The van der Waals surface area contributed by atoms with Crippen LogP contribution in [0.4, 0.5) is 0 Å². The number of carbonyl (C=O) groups is 2. The predicted molar refractivity (Wildman–Crippen MR) is 169 cm³/mol. The van der Waals surface area contributed by atoms with Crippen LogP contribution in [-0.4, -0.2) is 69.2 Å². The third-order valence-electron chi connectivity index (χ3n) is 8.30. The molecule has 2 aliphatic rings. The zero-order chi connectivity index (χ0) is 30.5. The first-order valence-corrected chi connectivity index (χ1v) is 16.0. The number of thiazole rings is 1. The van der Waals surface area contributed by atoms with E-state index in [1.165, 1.54) is 0 Å². The molecule has 1 unspecified atom stereocenters. The minimum atomic E-state index is -0.881. The molecule has 4 heterocycles. The molecule has 2 aromatic heterocycles. The van der Waals surface area contributed by atoms with Crippen LogP contribution in [0.3, 0.4) is 0 Å². The second kappa shape index (κ2) is 13.7. The number of benzene rings is 2. The van der Waals surface area contributed by atoms with E-state index in [-0.39, 0.29) is 30.0 Å². The number of aliphatic hydroxyl groups excluding tert-OH is 1. The standard InChI is InChI=1S/C34H37N5O4S/c1-22-21-44-33(37-22)29-13-8-16-39(29)34(42)25-12-7-11-24(18-25)32(41)38-28(17-23-9-3-2-4-10-23)31(40)27-19-26(20-36-27)43-30-14-5-6-15-35-30/h2-7,9-12,14-15,18,21,26-29,31,36,40H,8,13,16-17,19-20H2,1H3,(H,38,41)/t26-,27-,28?,29-,31-/m1/s1. The van der Waals surface area contributed by atoms with Gasteiger partial charge in [0.15, 0.2) is 0 Å². The second-order valence-electron chi connectivity index (χ2n) is 11.5. The van der Waals surface area contributed by atoms with Crippen molar-refractivity contribution in [1.82, 2.24) is 25.5 Å². The third kappa shape index (κ3) is 6.99. The largest absolute Gasteiger partial charge is 0.473 e. The maximum atomic E-state index is 13.6. The Hall–Kier alpha value is -4.12. The SMILES string of the molecule is Cc1csc([C@H]2CCCN2C(=O)c2cccc(C(=O)NC(Cc3ccccc3)[C@H](O)[C@H]3C[C@@H](Oc4ccccn4)CN3)c2)n1. The van der Waals surface area contributed by atoms with Gasteiger partial charge in [-0.05, 0) is 56.0 Å². The first-order valence-electron chi connectivity index (χ1n) is 15.1. The lowest BCUT2D eigenvalue weighted by molar-refractivity contribution is 0.0719. The van der Waals surface area contributed by atoms with Crippen molar-refractivity contribution < 1.29 is 19.4 Å². The van der Waals surface area contributed by atoms with Gasteiger partial charge in [-0.2, -0.15) is 0 Å². The molecule has 3 N–H and O–H groups in total. The monoisotopic (exact) mass is 611 g/mol. The first-order chi connectivity index (χ1) is 21.4. The molecule has 6 rings (SSSR count). The number of pyridine rings is 1. The molecule has 0 radical (unpaired) electrons. The Morgan fingerprint density at radius 2 is 1.93 bits per heavy atom. The van der Waals surface area contributed by atoms with Crippen LogP contribution in [0.15, 0.2) is 84.4 Å². The van der Waals surface area contributed by atoms with Crippen molar-refractivity contribution in [2.24, 2.45) is 0 Å². The van der Waals surface area contributed by atoms with Gasteiger partial charge in [-0.1, -0.05) is 42.5 Å². The van der Waals surface area contributed by atoms with Crippen LogP contribution >= 0.6 is 11.3 Å². The lowest BCUT2D eigenvalue weighted by Crippen LogP contribution is -2.52. The van der Waals surface area contributed by atoms with Crippen LogP contribution in [0, 0.1) is 6.92 Å². The minimum Gasteiger partial charge on any atom is -0.473 e. The summed E-state index contributed by atoms with van der Waals surface area (Å²) in [5.74, 6) is 0.0948. The Morgan fingerprint density at radius 1 is 1.11 bits per heavy atom. The predicted octanol–water partition coefficient (Wildman–Crippen LogP) is 4.34. The summed E-state index contributed by atoms with van der Waals surface area (Å²) in [6.45, 7) is 3.18. The molecular formula is C34H37N5O4S. The van der Waals surface area contributed by atoms with Crippen molar-refractivity contribution in [2.75, 3.05) is 13.1 Å². The number of hydrogen-bond donors (Lipinski definition) is 3. The number of hydrogen-bond acceptors (Lipinski definition) is 8. The molecule has 2 amide bonds. The van der Waals surface area contributed by atoms with Crippen molar-refractivity contribution in [3.63, 3.8) is 0 Å². The fourth-order valence-electron chi connectivity index (χ4n) is 6.08. The van der Waals surface area contributed by atoms with Crippen molar-refractivity contribution in [2.45, 2.75) is 62.9 Å². The van der Waals surface area contributed by atoms with E-state index in [1.807, 2.05) is 65.7 Å². The molecule has 2 aromatic carbocycles. The number of likely N-dealkylation sites (tertiary alicyclic amines) is 1. The molecule has 9 nitrogen and oxygen atoms in total. The third-order valence-corrected chi connectivity index (χ3v) is 9.36. The number of nitrogens with one attached hydrogen (secondary N) is 2. The van der Waals surface area contributed by atoms with Gasteiger partial charge in [0.1, 0.15) is 11.1 Å². The second-order valence-corrected chi connectivity index (χ2v) is 12.4. The topological polar surface area (TPSA) is 117 Å². The molecule has 5 atom stereocenters. The Bertz CT molecular complexity index is 1570. The van der Waals surface area contributed by atoms with Crippen LogP contribution < -0.4 is 15.4 Å². The molecular weight excluding hydrogens is 574 g/mol. The lowest BCUT2D eigenvalue weighted by atomic mass is 9.94. The van der Waals surface area contributed by atoms with E-state index in [1.54, 1.807) is 41.8 Å². The lowest BCUT2D eigenvalue weighted by Gasteiger charge is -2.29. The van der Waals surface area contributed by atoms with E-state index < -0.39 is 12.1 Å². The van der Waals surface area contributed by atoms with E-state index in [2.05, 4.69) is 20.6 Å². The van der Waals surface area contributed by atoms with Crippen molar-refractivity contribution in [3.8, 4) is 5.88 Å². The highest BCUT2D eigenvalue weighted by Gasteiger charge is 2.36. The quantitative estimate of drug-likeness (QED) is 0.244. The van der Waals surface area contributed by atoms with Gasteiger partial charge in [0.2, 0.25) is 5.88 Å². The maximum Gasteiger partial charge on any atom is 0.254 e. The fourth-order valence-corrected chi connectivity index (χ4v) is 7.02. The molecule has 44 heavy (non-hydrogen) atoms. The Morgan fingerprint density at radius 3 is 2.70 bits per heavy atom. The normalized spacial score (nSPS) is 21.1. The van der Waals surface area contributed by atoms with E-state index >= 15 is 0 Å². The molecule has 0 bridgehead atoms. The summed E-state index contributed by atoms with van der Waals surface area (Å²) in [6, 6.07) is 21.2. The summed E-state index contributed by atoms with van der Waals surface area (Å²) in [6.07, 6.45) is 3.45. The van der Waals surface area contributed by atoms with Gasteiger partial charge < -0.3 is 25.4 Å². The molecule has 2 aliphatic heterocycles. The number of carbonyl (C=O) groups excluding carboxylic acids is 2. The molecule has 0 aliphatic carbocycles. The Balaban J connectivity index is 1.16. The van der Waals surface area contributed by atoms with Crippen LogP contribution in [0.2, 0.25) is 0 Å². The number of rotatable bonds is 10. The summed E-state index contributed by atoms with van der Waals surface area (Å²) in [5, 5.41) is 21.0. The highest BCUT2D eigenvalue weighted by atomic mass is 32.1. The van der Waals surface area contributed by atoms with Crippen LogP contribution in [0.25, 0.3) is 0 Å². The van der Waals surface area contributed by atoms with E-state index in [9.17, 15) is 14.7 Å². The molecule has 0 saturated carbocycles. The van der Waals surface area contributed by atoms with E-state index in [4.69, 9.17) is 4.74 Å². The fraction of sp³-hybridized carbons (Fsp3) is 0.353. The Labute approximate surface area is 261 Å². The average molecular weight is 612 g/mol. The summed E-state index contributed by atoms with van der Waals surface area (Å²) in [4.78, 5) is 38.0. The van der Waals surface area contributed by atoms with Crippen LogP contribution in [0.1, 0.15) is 62.3 Å². The molecule has 0 spiro atoms. The number of aryl methyl sites for hydroxylation is 1. The Kier molecular flexibility index (Phi) is 9.30. The smallest absolute Gasteiger partial charge is 0.254 e. The van der Waals surface area contributed by atoms with E-state index in [0.29, 0.717) is 42.9 Å². The van der Waals surface area contributed by atoms with E-state index in [0.717, 1.165) is 29.1 Å². The van der Waals surface area contributed by atoms with Gasteiger partial charge in [0, 0.05) is 60.0 Å². The molecule has 2 saturated heterocycles. The van der Waals surface area contributed by atoms with Crippen molar-refractivity contribution >= 4 is 23.2 Å². The zero-order valence-electron chi connectivity index (χ0n) is 24.6. The van der Waals surface area contributed by atoms with Gasteiger partial charge in [0.25, 0.3) is 11.8 Å². The highest BCUT2D eigenvalue weighted by Crippen LogP contribution is 2.35.